The van der Waals surface area contributed by atoms with Gasteiger partial charge in [-0.2, -0.15) is 11.6 Å². The summed E-state index contributed by atoms with van der Waals surface area (Å²) in [6.07, 6.45) is 0. The van der Waals surface area contributed by atoms with Crippen LogP contribution in [0.4, 0.5) is 0 Å². The molecule has 3 rings (SSSR count). The fourth-order valence-electron chi connectivity index (χ4n) is 3.10. The monoisotopic (exact) mass is 426 g/mol. The van der Waals surface area contributed by atoms with E-state index in [0.717, 1.165) is 0 Å². The minimum Gasteiger partial charge on any atom is -1.00 e. The zero-order valence-electron chi connectivity index (χ0n) is 14.6. The van der Waals surface area contributed by atoms with Gasteiger partial charge in [0.15, 0.2) is 0 Å². The van der Waals surface area contributed by atoms with Crippen molar-refractivity contribution in [2.45, 2.75) is 26.7 Å². The van der Waals surface area contributed by atoms with Crippen molar-refractivity contribution in [2.75, 3.05) is 0 Å². The molecule has 0 spiro atoms. The molecule has 0 radical (unpaired) electrons. The quantitative estimate of drug-likeness (QED) is 0.301. The summed E-state index contributed by atoms with van der Waals surface area (Å²) in [5.41, 5.74) is 8.14. The summed E-state index contributed by atoms with van der Waals surface area (Å²) >= 11 is 0. The second-order valence-electron chi connectivity index (χ2n) is 5.93. The smallest absolute Gasteiger partial charge is 1.00 e. The molecule has 0 bridgehead atoms. The molecule has 0 saturated heterocycles. The molecule has 0 aliphatic carbocycles. The first kappa shape index (κ1) is 26.6. The molecule has 0 saturated carbocycles. The van der Waals surface area contributed by atoms with E-state index >= 15 is 0 Å². The maximum Gasteiger partial charge on any atom is 4.00 e. The molecule has 4 heteroatoms. The van der Waals surface area contributed by atoms with Crippen molar-refractivity contribution in [1.82, 2.24) is 0 Å². The summed E-state index contributed by atoms with van der Waals surface area (Å²) in [5.74, 6) is 0.319. The molecule has 0 heterocycles. The molecule has 0 aliphatic rings. The topological polar surface area (TPSA) is 0 Å². The Bertz CT molecular complexity index is 720. The van der Waals surface area contributed by atoms with Crippen molar-refractivity contribution in [3.63, 3.8) is 0 Å². The average molecular weight is 428 g/mol. The Kier molecular flexibility index (Phi) is 12.6. The second kappa shape index (κ2) is 11.9. The van der Waals surface area contributed by atoms with E-state index < -0.39 is 0 Å². The molecular formula is C21H21Cl3Ti. The third-order valence-corrected chi connectivity index (χ3v) is 4.14. The maximum absolute atomic E-state index is 2.30. The third kappa shape index (κ3) is 6.24. The molecule has 0 unspecified atom stereocenters. The van der Waals surface area contributed by atoms with Crippen molar-refractivity contribution >= 4 is 0 Å². The van der Waals surface area contributed by atoms with E-state index in [0.29, 0.717) is 5.92 Å². The van der Waals surface area contributed by atoms with Gasteiger partial charge in [0.1, 0.15) is 0 Å². The maximum atomic E-state index is 2.30. The van der Waals surface area contributed by atoms with Crippen molar-refractivity contribution in [3.05, 3.63) is 100 Å². The van der Waals surface area contributed by atoms with Crippen molar-refractivity contribution in [1.29, 1.82) is 0 Å². The fourth-order valence-corrected chi connectivity index (χ4v) is 3.10. The minimum absolute atomic E-state index is 0. The Balaban J connectivity index is 0. The Hall–Kier alpha value is -0.626. The van der Waals surface area contributed by atoms with Gasteiger partial charge in [0.25, 0.3) is 0 Å². The summed E-state index contributed by atoms with van der Waals surface area (Å²) in [5, 5.41) is 0. The van der Waals surface area contributed by atoms with Gasteiger partial charge in [0.05, 0.1) is 0 Å². The first-order chi connectivity index (χ1) is 10.1. The van der Waals surface area contributed by atoms with Crippen LogP contribution < -0.4 is 37.2 Å². The van der Waals surface area contributed by atoms with E-state index in [2.05, 4.69) is 87.5 Å². The summed E-state index contributed by atoms with van der Waals surface area (Å²) in [7, 11) is 0. The van der Waals surface area contributed by atoms with E-state index in [4.69, 9.17) is 0 Å². The molecule has 0 aliphatic heterocycles. The number of rotatable bonds is 3. The Morgan fingerprint density at radius 3 is 1.52 bits per heavy atom. The van der Waals surface area contributed by atoms with Crippen LogP contribution in [0.15, 0.2) is 66.7 Å². The van der Waals surface area contributed by atoms with Gasteiger partial charge < -0.3 is 37.2 Å². The number of hydrogen-bond donors (Lipinski definition) is 0. The van der Waals surface area contributed by atoms with Gasteiger partial charge in [-0.1, -0.05) is 66.6 Å². The van der Waals surface area contributed by atoms with Crippen LogP contribution >= 0.6 is 0 Å². The van der Waals surface area contributed by atoms with Crippen LogP contribution in [0.25, 0.3) is 0 Å². The fraction of sp³-hybridized carbons (Fsp3) is 0.190. The van der Waals surface area contributed by atoms with E-state index in [9.17, 15) is 0 Å². The molecule has 0 amide bonds. The summed E-state index contributed by atoms with van der Waals surface area (Å²) in [6.45, 7) is 6.53. The van der Waals surface area contributed by atoms with E-state index in [1.165, 1.54) is 33.4 Å². The Morgan fingerprint density at radius 1 is 0.680 bits per heavy atom. The molecule has 0 nitrogen and oxygen atoms in total. The van der Waals surface area contributed by atoms with Gasteiger partial charge in [-0.15, -0.1) is 5.56 Å². The predicted octanol–water partition coefficient (Wildman–Crippen LogP) is -3.48. The molecular weight excluding hydrogens is 406 g/mol. The molecule has 3 aromatic carbocycles. The van der Waals surface area contributed by atoms with E-state index in [-0.39, 0.29) is 58.9 Å². The predicted molar refractivity (Wildman–Crippen MR) is 90.1 cm³/mol. The van der Waals surface area contributed by atoms with Gasteiger partial charge in [0, 0.05) is 0 Å². The van der Waals surface area contributed by atoms with Crippen LogP contribution in [0.5, 0.6) is 0 Å². The molecule has 0 N–H and O–H groups in total. The largest absolute Gasteiger partial charge is 4.00 e. The number of benzene rings is 2. The van der Waals surface area contributed by atoms with Crippen molar-refractivity contribution < 1.29 is 58.9 Å². The number of hydrogen-bond acceptors (Lipinski definition) is 0. The number of aryl methyl sites for hydroxylation is 3. The van der Waals surface area contributed by atoms with Crippen LogP contribution in [0.1, 0.15) is 39.3 Å². The molecule has 3 aromatic rings. The molecule has 130 valence electrons. The van der Waals surface area contributed by atoms with Crippen LogP contribution in [0, 0.1) is 20.8 Å². The summed E-state index contributed by atoms with van der Waals surface area (Å²) < 4.78 is 0. The van der Waals surface area contributed by atoms with E-state index in [1.54, 1.807) is 0 Å². The summed E-state index contributed by atoms with van der Waals surface area (Å²) in [6, 6.07) is 24.3. The van der Waals surface area contributed by atoms with Crippen LogP contribution in [-0.4, -0.2) is 0 Å². The first-order valence-corrected chi connectivity index (χ1v) is 7.50. The van der Waals surface area contributed by atoms with Crippen molar-refractivity contribution in [3.8, 4) is 0 Å². The first-order valence-electron chi connectivity index (χ1n) is 7.50. The second-order valence-corrected chi connectivity index (χ2v) is 5.93. The number of halogens is 3. The van der Waals surface area contributed by atoms with Gasteiger partial charge in [-0.25, -0.2) is 12.1 Å². The minimum atomic E-state index is 0. The molecule has 0 fully saturated rings. The standard InChI is InChI=1S/C21H21.3ClH.Ti/c1-15-7-4-10-18(13-15)21(20-12-6-9-17(20)3)19-11-5-8-16(2)14-19;;;;/h4-14,21H,1-3H3;3*1H;/q-1;;;;+4/p-3. The third-order valence-electron chi connectivity index (χ3n) is 4.14. The average Bonchev–Trinajstić information content (AvgIpc) is 2.86. The van der Waals surface area contributed by atoms with Crippen LogP contribution in [-0.2, 0) is 21.7 Å². The molecule has 0 aromatic heterocycles. The van der Waals surface area contributed by atoms with Crippen LogP contribution in [0.2, 0.25) is 0 Å². The van der Waals surface area contributed by atoms with E-state index in [1.807, 2.05) is 0 Å². The van der Waals surface area contributed by atoms with Gasteiger partial charge in [-0.3, -0.25) is 0 Å². The SMILES string of the molecule is Cc1cccc(C(c2cccc(C)c2)[c-]2cccc2C)c1.[Cl-].[Cl-].[Cl-].[Ti+4]. The Labute approximate surface area is 184 Å². The Morgan fingerprint density at radius 2 is 1.16 bits per heavy atom. The zero-order valence-corrected chi connectivity index (χ0v) is 18.4. The van der Waals surface area contributed by atoms with Gasteiger partial charge >= 0.3 is 21.7 Å². The van der Waals surface area contributed by atoms with Gasteiger partial charge in [0.2, 0.25) is 0 Å². The zero-order chi connectivity index (χ0) is 14.8. The molecule has 25 heavy (non-hydrogen) atoms. The normalized spacial score (nSPS) is 9.28. The summed E-state index contributed by atoms with van der Waals surface area (Å²) in [4.78, 5) is 0. The van der Waals surface area contributed by atoms with Gasteiger partial charge in [-0.05, 0) is 30.9 Å². The van der Waals surface area contributed by atoms with Crippen molar-refractivity contribution in [2.24, 2.45) is 0 Å². The molecule has 0 atom stereocenters. The van der Waals surface area contributed by atoms with Crippen LogP contribution in [0.3, 0.4) is 0 Å².